The largest absolute Gasteiger partial charge is 0.507 e. The number of halogens is 1. The highest BCUT2D eigenvalue weighted by molar-refractivity contribution is 6.51. The Morgan fingerprint density at radius 2 is 1.55 bits per heavy atom. The number of aryl methyl sites for hydroxylation is 1. The Balaban J connectivity index is 1.95. The van der Waals surface area contributed by atoms with Crippen molar-refractivity contribution in [1.29, 1.82) is 0 Å². The Labute approximate surface area is 173 Å². The van der Waals surface area contributed by atoms with Crippen molar-refractivity contribution in [3.05, 3.63) is 106 Å². The minimum Gasteiger partial charge on any atom is -0.507 e. The molecule has 4 rings (SSSR count). The van der Waals surface area contributed by atoms with E-state index >= 15 is 0 Å². The summed E-state index contributed by atoms with van der Waals surface area (Å²) in [7, 11) is 0. The third kappa shape index (κ3) is 3.32. The highest BCUT2D eigenvalue weighted by Gasteiger charge is 2.46. The molecule has 0 bridgehead atoms. The predicted molar refractivity (Wildman–Crippen MR) is 114 cm³/mol. The Kier molecular flexibility index (Phi) is 4.95. The molecule has 1 atom stereocenters. The Bertz CT molecular complexity index is 1120. The molecule has 0 aliphatic carbocycles. The van der Waals surface area contributed by atoms with E-state index in [4.69, 9.17) is 11.6 Å². The SMILES string of the molecule is Cc1ccc(N2C(=O)C(=O)/C(=C(/O)c3ccccc3)[C@H]2c2ccccc2)cc1Cl. The monoisotopic (exact) mass is 403 g/mol. The van der Waals surface area contributed by atoms with E-state index in [0.29, 0.717) is 16.3 Å². The van der Waals surface area contributed by atoms with Crippen LogP contribution in [-0.4, -0.2) is 16.8 Å². The van der Waals surface area contributed by atoms with Crippen LogP contribution >= 0.6 is 11.6 Å². The van der Waals surface area contributed by atoms with Gasteiger partial charge in [-0.3, -0.25) is 14.5 Å². The van der Waals surface area contributed by atoms with E-state index in [1.54, 1.807) is 42.5 Å². The summed E-state index contributed by atoms with van der Waals surface area (Å²) in [6, 6.07) is 22.4. The first-order chi connectivity index (χ1) is 14.0. The van der Waals surface area contributed by atoms with Gasteiger partial charge in [0.05, 0.1) is 11.6 Å². The lowest BCUT2D eigenvalue weighted by Crippen LogP contribution is -2.29. The first-order valence-corrected chi connectivity index (χ1v) is 9.54. The van der Waals surface area contributed by atoms with E-state index in [-0.39, 0.29) is 11.3 Å². The second-order valence-corrected chi connectivity index (χ2v) is 7.29. The van der Waals surface area contributed by atoms with Crippen LogP contribution in [0.15, 0.2) is 84.4 Å². The maximum atomic E-state index is 13.0. The van der Waals surface area contributed by atoms with Crippen molar-refractivity contribution in [2.75, 3.05) is 4.90 Å². The fraction of sp³-hybridized carbons (Fsp3) is 0.0833. The van der Waals surface area contributed by atoms with E-state index in [2.05, 4.69) is 0 Å². The van der Waals surface area contributed by atoms with Gasteiger partial charge in [-0.1, -0.05) is 78.3 Å². The van der Waals surface area contributed by atoms with Crippen LogP contribution < -0.4 is 4.90 Å². The number of benzene rings is 3. The molecule has 0 aromatic heterocycles. The van der Waals surface area contributed by atoms with Crippen molar-refractivity contribution in [2.24, 2.45) is 0 Å². The topological polar surface area (TPSA) is 57.6 Å². The van der Waals surface area contributed by atoms with Gasteiger partial charge in [0.15, 0.2) is 0 Å². The number of anilines is 1. The van der Waals surface area contributed by atoms with Crippen LogP contribution in [-0.2, 0) is 9.59 Å². The number of nitrogens with zero attached hydrogens (tertiary/aromatic N) is 1. The van der Waals surface area contributed by atoms with Gasteiger partial charge in [-0.2, -0.15) is 0 Å². The summed E-state index contributed by atoms with van der Waals surface area (Å²) >= 11 is 6.28. The zero-order valence-electron chi connectivity index (χ0n) is 15.7. The van der Waals surface area contributed by atoms with Crippen molar-refractivity contribution in [3.63, 3.8) is 0 Å². The van der Waals surface area contributed by atoms with Gasteiger partial charge in [-0.25, -0.2) is 0 Å². The summed E-state index contributed by atoms with van der Waals surface area (Å²) in [5.41, 5.74) is 2.63. The van der Waals surface area contributed by atoms with E-state index in [0.717, 1.165) is 11.1 Å². The summed E-state index contributed by atoms with van der Waals surface area (Å²) in [5.74, 6) is -1.62. The number of ketones is 1. The van der Waals surface area contributed by atoms with Gasteiger partial charge in [-0.15, -0.1) is 0 Å². The van der Waals surface area contributed by atoms with Gasteiger partial charge in [0.2, 0.25) is 0 Å². The lowest BCUT2D eigenvalue weighted by Gasteiger charge is -2.25. The number of rotatable bonds is 3. The molecule has 0 saturated carbocycles. The summed E-state index contributed by atoms with van der Waals surface area (Å²) in [6.07, 6.45) is 0. The van der Waals surface area contributed by atoms with E-state index in [9.17, 15) is 14.7 Å². The maximum absolute atomic E-state index is 13.0. The molecule has 3 aromatic rings. The minimum atomic E-state index is -0.754. The highest BCUT2D eigenvalue weighted by Crippen LogP contribution is 2.42. The lowest BCUT2D eigenvalue weighted by molar-refractivity contribution is -0.132. The molecular weight excluding hydrogens is 386 g/mol. The normalized spacial score (nSPS) is 18.3. The third-order valence-electron chi connectivity index (χ3n) is 5.04. The zero-order chi connectivity index (χ0) is 20.5. The number of carbonyl (C=O) groups excluding carboxylic acids is 2. The summed E-state index contributed by atoms with van der Waals surface area (Å²) < 4.78 is 0. The second-order valence-electron chi connectivity index (χ2n) is 6.88. The summed E-state index contributed by atoms with van der Waals surface area (Å²) in [6.45, 7) is 1.87. The molecule has 1 amide bonds. The maximum Gasteiger partial charge on any atom is 0.300 e. The quantitative estimate of drug-likeness (QED) is 0.368. The molecule has 0 spiro atoms. The zero-order valence-corrected chi connectivity index (χ0v) is 16.4. The number of Topliss-reactive ketones (excluding diaryl/α,β-unsaturated/α-hetero) is 1. The van der Waals surface area contributed by atoms with Gasteiger partial charge in [0.1, 0.15) is 5.76 Å². The van der Waals surface area contributed by atoms with Crippen LogP contribution in [0.4, 0.5) is 5.69 Å². The van der Waals surface area contributed by atoms with Crippen molar-refractivity contribution in [3.8, 4) is 0 Å². The smallest absolute Gasteiger partial charge is 0.300 e. The summed E-state index contributed by atoms with van der Waals surface area (Å²) in [5, 5.41) is 11.5. The number of hydrogen-bond acceptors (Lipinski definition) is 3. The molecule has 29 heavy (non-hydrogen) atoms. The number of carbonyl (C=O) groups is 2. The summed E-state index contributed by atoms with van der Waals surface area (Å²) in [4.78, 5) is 27.4. The van der Waals surface area contributed by atoms with Crippen LogP contribution in [0.2, 0.25) is 5.02 Å². The molecule has 5 heteroatoms. The molecule has 1 fully saturated rings. The Morgan fingerprint density at radius 3 is 2.17 bits per heavy atom. The average molecular weight is 404 g/mol. The van der Waals surface area contributed by atoms with Crippen molar-refractivity contribution in [1.82, 2.24) is 0 Å². The van der Waals surface area contributed by atoms with Gasteiger partial charge < -0.3 is 5.11 Å². The molecule has 4 nitrogen and oxygen atoms in total. The molecule has 3 aromatic carbocycles. The van der Waals surface area contributed by atoms with E-state index in [1.807, 2.05) is 43.3 Å². The van der Waals surface area contributed by atoms with Crippen molar-refractivity contribution in [2.45, 2.75) is 13.0 Å². The van der Waals surface area contributed by atoms with E-state index < -0.39 is 17.7 Å². The molecule has 1 aliphatic rings. The first-order valence-electron chi connectivity index (χ1n) is 9.16. The molecule has 0 radical (unpaired) electrons. The van der Waals surface area contributed by atoms with Crippen LogP contribution in [0.5, 0.6) is 0 Å². The van der Waals surface area contributed by atoms with Crippen LogP contribution in [0.25, 0.3) is 5.76 Å². The van der Waals surface area contributed by atoms with Gasteiger partial charge in [-0.05, 0) is 30.2 Å². The van der Waals surface area contributed by atoms with Crippen LogP contribution in [0.1, 0.15) is 22.7 Å². The Morgan fingerprint density at radius 1 is 0.931 bits per heavy atom. The molecule has 1 heterocycles. The Hall–Kier alpha value is -3.37. The van der Waals surface area contributed by atoms with Gasteiger partial charge in [0, 0.05) is 16.3 Å². The number of aliphatic hydroxyl groups is 1. The molecular formula is C24H18ClNO3. The first kappa shape index (κ1) is 19.0. The fourth-order valence-corrected chi connectivity index (χ4v) is 3.71. The lowest BCUT2D eigenvalue weighted by atomic mass is 9.95. The third-order valence-corrected chi connectivity index (χ3v) is 5.45. The standard InChI is InChI=1S/C24H18ClNO3/c1-15-12-13-18(14-19(15)25)26-21(16-8-4-2-5-9-16)20(23(28)24(26)29)22(27)17-10-6-3-7-11-17/h2-14,21,27H,1H3/b22-20+/t21-/m1/s1. The highest BCUT2D eigenvalue weighted by atomic mass is 35.5. The average Bonchev–Trinajstić information content (AvgIpc) is 3.02. The van der Waals surface area contributed by atoms with Gasteiger partial charge in [0.25, 0.3) is 11.7 Å². The minimum absolute atomic E-state index is 0.0593. The number of aliphatic hydroxyl groups excluding tert-OH is 1. The van der Waals surface area contributed by atoms with Gasteiger partial charge >= 0.3 is 0 Å². The molecule has 144 valence electrons. The van der Waals surface area contributed by atoms with Crippen LogP contribution in [0, 0.1) is 6.92 Å². The molecule has 1 aliphatic heterocycles. The number of amides is 1. The fourth-order valence-electron chi connectivity index (χ4n) is 3.53. The van der Waals surface area contributed by atoms with Crippen molar-refractivity contribution >= 4 is 34.7 Å². The molecule has 1 saturated heterocycles. The number of hydrogen-bond donors (Lipinski definition) is 1. The molecule has 0 unspecified atom stereocenters. The molecule has 1 N–H and O–H groups in total. The van der Waals surface area contributed by atoms with E-state index in [1.165, 1.54) is 4.90 Å². The second kappa shape index (κ2) is 7.57. The van der Waals surface area contributed by atoms with Crippen molar-refractivity contribution < 1.29 is 14.7 Å². The predicted octanol–water partition coefficient (Wildman–Crippen LogP) is 5.27. The van der Waals surface area contributed by atoms with Crippen LogP contribution in [0.3, 0.4) is 0 Å².